The quantitative estimate of drug-likeness (QED) is 0.501. The van der Waals surface area contributed by atoms with Gasteiger partial charge in [-0.3, -0.25) is 4.79 Å². The fourth-order valence-corrected chi connectivity index (χ4v) is 0.903. The number of carbonyl (C=O) groups is 1. The van der Waals surface area contributed by atoms with E-state index in [0.29, 0.717) is 6.42 Å². The van der Waals surface area contributed by atoms with Gasteiger partial charge in [0.25, 0.3) is 0 Å². The first-order valence-electron chi connectivity index (χ1n) is 5.04. The molecule has 0 aliphatic rings. The standard InChI is InChI=1S/C8H17NO.C3H6/c1-2-3-4-5-6-7-8(9)10;1-3-2/h2-7H2,1H3,(H2,9,10);3H,1H2,2H3. The van der Waals surface area contributed by atoms with Gasteiger partial charge in [0.05, 0.1) is 0 Å². The largest absolute Gasteiger partial charge is 0.370 e. The average molecular weight is 185 g/mol. The number of amides is 1. The van der Waals surface area contributed by atoms with Crippen LogP contribution in [0.25, 0.3) is 0 Å². The molecule has 78 valence electrons. The van der Waals surface area contributed by atoms with Crippen molar-refractivity contribution in [2.24, 2.45) is 5.73 Å². The van der Waals surface area contributed by atoms with Crippen LogP contribution in [-0.2, 0) is 4.79 Å². The lowest BCUT2D eigenvalue weighted by atomic mass is 10.1. The van der Waals surface area contributed by atoms with Crippen molar-refractivity contribution in [1.29, 1.82) is 0 Å². The van der Waals surface area contributed by atoms with Crippen LogP contribution >= 0.6 is 0 Å². The van der Waals surface area contributed by atoms with Crippen molar-refractivity contribution < 1.29 is 4.79 Å². The van der Waals surface area contributed by atoms with Gasteiger partial charge >= 0.3 is 0 Å². The first kappa shape index (κ1) is 14.7. The Morgan fingerprint density at radius 2 is 1.77 bits per heavy atom. The second kappa shape index (κ2) is 13.8. The fourth-order valence-electron chi connectivity index (χ4n) is 0.903. The minimum atomic E-state index is -0.170. The normalized spacial score (nSPS) is 8.46. The first-order chi connectivity index (χ1) is 6.18. The lowest BCUT2D eigenvalue weighted by Crippen LogP contribution is -2.09. The molecule has 0 atom stereocenters. The van der Waals surface area contributed by atoms with Crippen LogP contribution in [0.4, 0.5) is 0 Å². The van der Waals surface area contributed by atoms with Gasteiger partial charge in [-0.1, -0.05) is 38.7 Å². The number of hydrogen-bond acceptors (Lipinski definition) is 1. The molecule has 2 N–H and O–H groups in total. The zero-order valence-corrected chi connectivity index (χ0v) is 9.01. The van der Waals surface area contributed by atoms with Crippen molar-refractivity contribution in [2.45, 2.75) is 52.4 Å². The van der Waals surface area contributed by atoms with E-state index in [0.717, 1.165) is 12.8 Å². The maximum atomic E-state index is 10.3. The van der Waals surface area contributed by atoms with Crippen LogP contribution in [-0.4, -0.2) is 5.91 Å². The molecule has 2 nitrogen and oxygen atoms in total. The smallest absolute Gasteiger partial charge is 0.217 e. The Hall–Kier alpha value is -0.790. The van der Waals surface area contributed by atoms with Crippen LogP contribution in [0.2, 0.25) is 0 Å². The van der Waals surface area contributed by atoms with Gasteiger partial charge in [-0.15, -0.1) is 6.58 Å². The molecular weight excluding hydrogens is 162 g/mol. The van der Waals surface area contributed by atoms with Gasteiger partial charge in [-0.05, 0) is 13.3 Å². The zero-order valence-electron chi connectivity index (χ0n) is 9.01. The van der Waals surface area contributed by atoms with Crippen LogP contribution < -0.4 is 5.73 Å². The summed E-state index contributed by atoms with van der Waals surface area (Å²) < 4.78 is 0. The minimum Gasteiger partial charge on any atom is -0.370 e. The molecule has 0 heterocycles. The minimum absolute atomic E-state index is 0.170. The monoisotopic (exact) mass is 185 g/mol. The molecule has 0 saturated carbocycles. The van der Waals surface area contributed by atoms with E-state index in [1.165, 1.54) is 19.3 Å². The molecule has 0 aliphatic carbocycles. The highest BCUT2D eigenvalue weighted by Gasteiger charge is 1.92. The Morgan fingerprint density at radius 1 is 1.31 bits per heavy atom. The summed E-state index contributed by atoms with van der Waals surface area (Å²) in [5.41, 5.74) is 4.97. The van der Waals surface area contributed by atoms with Crippen molar-refractivity contribution in [3.05, 3.63) is 12.7 Å². The summed E-state index contributed by atoms with van der Waals surface area (Å²) in [4.78, 5) is 10.3. The van der Waals surface area contributed by atoms with Gasteiger partial charge in [0.15, 0.2) is 0 Å². The van der Waals surface area contributed by atoms with Gasteiger partial charge < -0.3 is 5.73 Å². The molecule has 2 heteroatoms. The number of nitrogens with two attached hydrogens (primary N) is 1. The zero-order chi connectivity index (χ0) is 10.5. The number of hydrogen-bond donors (Lipinski definition) is 1. The number of primary amides is 1. The Bertz CT molecular complexity index is 121. The van der Waals surface area contributed by atoms with Gasteiger partial charge in [0, 0.05) is 6.42 Å². The highest BCUT2D eigenvalue weighted by molar-refractivity contribution is 5.73. The molecule has 0 aromatic carbocycles. The number of unbranched alkanes of at least 4 members (excludes halogenated alkanes) is 4. The molecule has 0 bridgehead atoms. The van der Waals surface area contributed by atoms with E-state index in [4.69, 9.17) is 5.73 Å². The van der Waals surface area contributed by atoms with E-state index >= 15 is 0 Å². The molecule has 0 fully saturated rings. The second-order valence-electron chi connectivity index (χ2n) is 3.04. The lowest BCUT2D eigenvalue weighted by Gasteiger charge is -1.95. The predicted molar refractivity (Wildman–Crippen MR) is 58.4 cm³/mol. The van der Waals surface area contributed by atoms with E-state index in [9.17, 15) is 4.79 Å². The van der Waals surface area contributed by atoms with Crippen LogP contribution in [0, 0.1) is 0 Å². The third-order valence-electron chi connectivity index (χ3n) is 1.53. The first-order valence-corrected chi connectivity index (χ1v) is 5.04. The van der Waals surface area contributed by atoms with Crippen LogP contribution in [0.15, 0.2) is 12.7 Å². The highest BCUT2D eigenvalue weighted by Crippen LogP contribution is 2.03. The molecule has 13 heavy (non-hydrogen) atoms. The van der Waals surface area contributed by atoms with E-state index in [1.54, 1.807) is 6.08 Å². The number of rotatable bonds is 6. The van der Waals surface area contributed by atoms with Gasteiger partial charge in [0.2, 0.25) is 5.91 Å². The summed E-state index contributed by atoms with van der Waals surface area (Å²) in [6.45, 7) is 7.42. The number of carbonyl (C=O) groups excluding carboxylic acids is 1. The summed E-state index contributed by atoms with van der Waals surface area (Å²) in [6, 6.07) is 0. The highest BCUT2D eigenvalue weighted by atomic mass is 16.1. The summed E-state index contributed by atoms with van der Waals surface area (Å²) >= 11 is 0. The van der Waals surface area contributed by atoms with Gasteiger partial charge in [-0.25, -0.2) is 0 Å². The molecule has 1 amide bonds. The summed E-state index contributed by atoms with van der Waals surface area (Å²) in [5.74, 6) is -0.170. The molecule has 0 spiro atoms. The Kier molecular flexibility index (Phi) is 15.6. The van der Waals surface area contributed by atoms with Crippen molar-refractivity contribution in [2.75, 3.05) is 0 Å². The van der Waals surface area contributed by atoms with E-state index in [2.05, 4.69) is 13.5 Å². The molecule has 0 radical (unpaired) electrons. The lowest BCUT2D eigenvalue weighted by molar-refractivity contribution is -0.118. The fraction of sp³-hybridized carbons (Fsp3) is 0.727. The summed E-state index contributed by atoms with van der Waals surface area (Å²) in [5, 5.41) is 0. The van der Waals surface area contributed by atoms with E-state index in [-0.39, 0.29) is 5.91 Å². The second-order valence-corrected chi connectivity index (χ2v) is 3.04. The third kappa shape index (κ3) is 24.7. The molecule has 0 aromatic rings. The van der Waals surface area contributed by atoms with Gasteiger partial charge in [-0.2, -0.15) is 0 Å². The maximum Gasteiger partial charge on any atom is 0.217 e. The van der Waals surface area contributed by atoms with Crippen molar-refractivity contribution in [3.8, 4) is 0 Å². The topological polar surface area (TPSA) is 43.1 Å². The number of allylic oxidation sites excluding steroid dienone is 1. The third-order valence-corrected chi connectivity index (χ3v) is 1.53. The average Bonchev–Trinajstić information content (AvgIpc) is 2.05. The van der Waals surface area contributed by atoms with Crippen LogP contribution in [0.5, 0.6) is 0 Å². The van der Waals surface area contributed by atoms with Crippen molar-refractivity contribution in [1.82, 2.24) is 0 Å². The Balaban J connectivity index is 0. The molecular formula is C11H23NO. The molecule has 0 aromatic heterocycles. The van der Waals surface area contributed by atoms with Crippen LogP contribution in [0.1, 0.15) is 52.4 Å². The van der Waals surface area contributed by atoms with Crippen LogP contribution in [0.3, 0.4) is 0 Å². The molecule has 0 saturated heterocycles. The van der Waals surface area contributed by atoms with Crippen molar-refractivity contribution >= 4 is 5.91 Å². The Labute approximate surface area is 82.2 Å². The summed E-state index contributed by atoms with van der Waals surface area (Å²) in [7, 11) is 0. The molecule has 0 unspecified atom stereocenters. The predicted octanol–water partition coefficient (Wildman–Crippen LogP) is 3.02. The van der Waals surface area contributed by atoms with Gasteiger partial charge in [0.1, 0.15) is 0 Å². The summed E-state index contributed by atoms with van der Waals surface area (Å²) in [6.07, 6.45) is 8.19. The SMILES string of the molecule is C=CC.CCCCCCCC(N)=O. The Morgan fingerprint density at radius 3 is 2.15 bits per heavy atom. The van der Waals surface area contributed by atoms with E-state index in [1.807, 2.05) is 6.92 Å². The maximum absolute atomic E-state index is 10.3. The molecule has 0 rings (SSSR count). The molecule has 0 aliphatic heterocycles. The van der Waals surface area contributed by atoms with Crippen molar-refractivity contribution in [3.63, 3.8) is 0 Å². The van der Waals surface area contributed by atoms with E-state index < -0.39 is 0 Å².